The molecule has 10 nitrogen and oxygen atoms in total. The van der Waals surface area contributed by atoms with Crippen LogP contribution in [0.2, 0.25) is 0 Å². The van der Waals surface area contributed by atoms with Gasteiger partial charge in [0.1, 0.15) is 18.1 Å². The van der Waals surface area contributed by atoms with E-state index in [0.717, 1.165) is 5.52 Å². The minimum absolute atomic E-state index is 0.0692. The van der Waals surface area contributed by atoms with Crippen molar-refractivity contribution < 1.29 is 18.9 Å². The summed E-state index contributed by atoms with van der Waals surface area (Å²) in [7, 11) is 1.57. The van der Waals surface area contributed by atoms with Gasteiger partial charge in [0.2, 0.25) is 5.69 Å². The largest absolute Gasteiger partial charge is 0.497 e. The number of rotatable bonds is 6. The minimum atomic E-state index is -0.558. The predicted octanol–water partition coefficient (Wildman–Crippen LogP) is 3.23. The first kappa shape index (κ1) is 20.2. The monoisotopic (exact) mass is 444 g/mol. The van der Waals surface area contributed by atoms with E-state index in [0.29, 0.717) is 34.0 Å². The molecule has 0 aliphatic rings. The molecule has 0 fully saturated rings. The van der Waals surface area contributed by atoms with Gasteiger partial charge in [-0.2, -0.15) is 0 Å². The van der Waals surface area contributed by atoms with Gasteiger partial charge in [0.05, 0.1) is 28.6 Å². The predicted molar refractivity (Wildman–Crippen MR) is 118 cm³/mol. The van der Waals surface area contributed by atoms with Crippen LogP contribution in [0, 0.1) is 10.1 Å². The van der Waals surface area contributed by atoms with E-state index >= 15 is 0 Å². The molecule has 0 aliphatic carbocycles. The first-order valence-corrected chi connectivity index (χ1v) is 10.0. The number of nitrogens with one attached hydrogen (secondary N) is 1. The molecule has 1 N–H and O–H groups in total. The van der Waals surface area contributed by atoms with E-state index in [4.69, 9.17) is 9.26 Å². The number of aromatic nitrogens is 4. The van der Waals surface area contributed by atoms with Gasteiger partial charge in [0, 0.05) is 18.2 Å². The number of nitrogens with zero attached hydrogens (tertiary/aromatic N) is 4. The average molecular weight is 444 g/mol. The van der Waals surface area contributed by atoms with Crippen LogP contribution in [0.3, 0.4) is 0 Å². The van der Waals surface area contributed by atoms with Gasteiger partial charge in [0.25, 0.3) is 5.69 Å². The maximum atomic E-state index is 12.6. The van der Waals surface area contributed by atoms with Crippen LogP contribution in [-0.2, 0) is 6.54 Å². The lowest BCUT2D eigenvalue weighted by Crippen LogP contribution is -2.39. The van der Waals surface area contributed by atoms with Crippen LogP contribution in [0.25, 0.3) is 28.1 Å². The fourth-order valence-electron chi connectivity index (χ4n) is 3.78. The molecular weight excluding hydrogens is 426 g/mol. The van der Waals surface area contributed by atoms with E-state index in [1.54, 1.807) is 54.1 Å². The van der Waals surface area contributed by atoms with Crippen molar-refractivity contribution in [2.45, 2.75) is 6.54 Å². The van der Waals surface area contributed by atoms with Crippen LogP contribution in [0.4, 0.5) is 5.69 Å². The molecule has 0 radical (unpaired) electrons. The van der Waals surface area contributed by atoms with Crippen LogP contribution in [0.15, 0.2) is 82.1 Å². The molecule has 0 bridgehead atoms. The van der Waals surface area contributed by atoms with Gasteiger partial charge in [-0.3, -0.25) is 14.6 Å². The molecule has 164 valence electrons. The van der Waals surface area contributed by atoms with Crippen LogP contribution in [0.1, 0.15) is 5.69 Å². The second-order valence-electron chi connectivity index (χ2n) is 7.25. The minimum Gasteiger partial charge on any atom is -0.497 e. The molecule has 0 amide bonds. The zero-order valence-corrected chi connectivity index (χ0v) is 17.5. The van der Waals surface area contributed by atoms with Crippen molar-refractivity contribution in [2.75, 3.05) is 7.11 Å². The van der Waals surface area contributed by atoms with Crippen molar-refractivity contribution in [3.8, 4) is 22.8 Å². The van der Waals surface area contributed by atoms with E-state index in [9.17, 15) is 14.9 Å². The van der Waals surface area contributed by atoms with Gasteiger partial charge in [-0.15, -0.1) is 0 Å². The maximum absolute atomic E-state index is 12.6. The Kier molecular flexibility index (Phi) is 4.94. The topological polar surface area (TPSA) is 120 Å². The van der Waals surface area contributed by atoms with Crippen molar-refractivity contribution in [3.63, 3.8) is 0 Å². The number of benzene rings is 3. The standard InChI is InChI=1S/C23H17N5O5/c1-32-16-12-10-15(11-13-16)27-21(23(29)33-25-27)14-26-20-9-5-3-7-18(20)24-22(26)17-6-2-4-8-19(17)28(30)31/h2-13H,14H2,1H3/p+1. The van der Waals surface area contributed by atoms with Gasteiger partial charge in [-0.25, -0.2) is 9.78 Å². The number of ether oxygens (including phenoxy) is 1. The van der Waals surface area contributed by atoms with Crippen LogP contribution in [-0.4, -0.2) is 26.9 Å². The number of para-hydroxylation sites is 3. The molecule has 0 atom stereocenters. The van der Waals surface area contributed by atoms with Crippen molar-refractivity contribution in [1.82, 2.24) is 14.8 Å². The summed E-state index contributed by atoms with van der Waals surface area (Å²) >= 11 is 0. The molecule has 0 spiro atoms. The lowest BCUT2D eigenvalue weighted by Gasteiger charge is -2.07. The van der Waals surface area contributed by atoms with E-state index in [2.05, 4.69) is 10.3 Å². The van der Waals surface area contributed by atoms with Crippen LogP contribution in [0.5, 0.6) is 5.75 Å². The number of nitro benzene ring substituents is 1. The summed E-state index contributed by atoms with van der Waals surface area (Å²) in [4.78, 5) is 28.5. The lowest BCUT2D eigenvalue weighted by molar-refractivity contribution is -0.677. The Bertz CT molecular complexity index is 1530. The van der Waals surface area contributed by atoms with Crippen molar-refractivity contribution in [3.05, 3.63) is 99.0 Å². The number of hydrogen-bond donors (Lipinski definition) is 1. The number of aromatic amines is 1. The first-order valence-electron chi connectivity index (χ1n) is 10.0. The van der Waals surface area contributed by atoms with E-state index in [1.165, 1.54) is 10.7 Å². The van der Waals surface area contributed by atoms with Gasteiger partial charge < -0.3 is 9.30 Å². The number of imidazole rings is 1. The fourth-order valence-corrected chi connectivity index (χ4v) is 3.78. The van der Waals surface area contributed by atoms with Gasteiger partial charge in [-0.1, -0.05) is 24.3 Å². The molecule has 0 aliphatic heterocycles. The van der Waals surface area contributed by atoms with Crippen LogP contribution >= 0.6 is 0 Å². The lowest BCUT2D eigenvalue weighted by atomic mass is 10.1. The zero-order chi connectivity index (χ0) is 22.9. The van der Waals surface area contributed by atoms with Gasteiger partial charge in [-0.05, 0) is 40.3 Å². The molecular formula is C23H18N5O5+. The number of hydrogen-bond acceptors (Lipinski definition) is 6. The second-order valence-corrected chi connectivity index (χ2v) is 7.25. The third-order valence-corrected chi connectivity index (χ3v) is 5.37. The second kappa shape index (κ2) is 8.08. The Labute approximate surface area is 186 Å². The molecule has 5 rings (SSSR count). The smallest absolute Gasteiger partial charge is 0.432 e. The first-order chi connectivity index (χ1) is 16.1. The Morgan fingerprint density at radius 3 is 2.58 bits per heavy atom. The number of H-pyrrole nitrogens is 1. The van der Waals surface area contributed by atoms with E-state index in [-0.39, 0.29) is 12.2 Å². The Hall–Kier alpha value is -4.73. The number of methoxy groups -OCH3 is 1. The Balaban J connectivity index is 1.69. The summed E-state index contributed by atoms with van der Waals surface area (Å²) in [5.41, 5.74) is 2.07. The molecule has 0 saturated heterocycles. The highest BCUT2D eigenvalue weighted by Gasteiger charge is 2.28. The average Bonchev–Trinajstić information content (AvgIpc) is 3.40. The highest BCUT2D eigenvalue weighted by molar-refractivity contribution is 5.82. The quantitative estimate of drug-likeness (QED) is 0.244. The summed E-state index contributed by atoms with van der Waals surface area (Å²) in [6.45, 7) is 0.0692. The summed E-state index contributed by atoms with van der Waals surface area (Å²) in [5, 5.41) is 14.3. The molecule has 10 heteroatoms. The fraction of sp³-hybridized carbons (Fsp3) is 0.0870. The summed E-state index contributed by atoms with van der Waals surface area (Å²) < 4.78 is 13.6. The number of fused-ring (bicyclic) bond motifs is 1. The summed E-state index contributed by atoms with van der Waals surface area (Å²) in [6.07, 6.45) is 0. The van der Waals surface area contributed by atoms with Crippen molar-refractivity contribution >= 4 is 16.7 Å². The van der Waals surface area contributed by atoms with Gasteiger partial charge >= 0.3 is 11.3 Å². The SMILES string of the molecule is COc1ccc(-[n+]2[nH]oc(=O)c2Cn2c(-c3ccccc3[N+](=O)[O-])nc3ccccc32)cc1. The molecule has 5 aromatic rings. The molecule has 0 unspecified atom stereocenters. The molecule has 2 aromatic heterocycles. The van der Waals surface area contributed by atoms with Crippen LogP contribution < -0.4 is 15.0 Å². The van der Waals surface area contributed by atoms with E-state index in [1.807, 2.05) is 24.3 Å². The van der Waals surface area contributed by atoms with Crippen molar-refractivity contribution in [2.24, 2.45) is 0 Å². The third kappa shape index (κ3) is 3.53. The summed E-state index contributed by atoms with van der Waals surface area (Å²) in [5.74, 6) is 1.05. The van der Waals surface area contributed by atoms with E-state index < -0.39 is 10.5 Å². The zero-order valence-electron chi connectivity index (χ0n) is 17.5. The third-order valence-electron chi connectivity index (χ3n) is 5.37. The summed E-state index contributed by atoms with van der Waals surface area (Å²) in [6, 6.07) is 20.9. The normalized spacial score (nSPS) is 11.1. The number of nitro groups is 1. The van der Waals surface area contributed by atoms with Gasteiger partial charge in [0.15, 0.2) is 0 Å². The highest BCUT2D eigenvalue weighted by atomic mass is 16.6. The van der Waals surface area contributed by atoms with Crippen molar-refractivity contribution in [1.29, 1.82) is 0 Å². The Morgan fingerprint density at radius 1 is 1.09 bits per heavy atom. The molecule has 33 heavy (non-hydrogen) atoms. The Morgan fingerprint density at radius 2 is 1.82 bits per heavy atom. The molecule has 3 aromatic carbocycles. The molecule has 0 saturated carbocycles. The highest BCUT2D eigenvalue weighted by Crippen LogP contribution is 2.32. The molecule has 2 heterocycles. The maximum Gasteiger partial charge on any atom is 0.432 e.